The molecule has 4 aliphatic rings. The Morgan fingerprint density at radius 1 is 0.443 bits per heavy atom. The van der Waals surface area contributed by atoms with Crippen LogP contribution in [0.1, 0.15) is 11.1 Å². The lowest BCUT2D eigenvalue weighted by molar-refractivity contribution is -0.193. The van der Waals surface area contributed by atoms with E-state index in [1.165, 1.54) is 61.1 Å². The Hall–Kier alpha value is -3.60. The van der Waals surface area contributed by atoms with Gasteiger partial charge in [-0.2, -0.15) is 109 Å². The maximum Gasteiger partial charge on any atom is 0.508 e. The molecule has 0 saturated carbocycles. The maximum absolute atomic E-state index is 10.8. The number of allylic oxidation sites excluding steroid dienone is 10. The van der Waals surface area contributed by atoms with Crippen LogP contribution in [0.5, 0.6) is 0 Å². The summed E-state index contributed by atoms with van der Waals surface area (Å²) in [4.78, 5) is 111. The van der Waals surface area contributed by atoms with E-state index in [4.69, 9.17) is 87.2 Å². The molecule has 6 rings (SSSR count). The Labute approximate surface area is 701 Å². The fourth-order valence-electron chi connectivity index (χ4n) is 3.50. The lowest BCUT2D eigenvalue weighted by atomic mass is 10.1. The van der Waals surface area contributed by atoms with Gasteiger partial charge in [-0.1, -0.05) is 173 Å². The average molecular weight is 1800 g/mol. The first-order chi connectivity index (χ1) is 50.0. The average Bonchev–Trinajstić information content (AvgIpc) is 1.94. The van der Waals surface area contributed by atoms with E-state index in [-0.39, 0.29) is 52.2 Å². The van der Waals surface area contributed by atoms with Crippen molar-refractivity contribution in [3.63, 3.8) is 0 Å². The van der Waals surface area contributed by atoms with Crippen molar-refractivity contribution in [2.75, 3.05) is 179 Å². The minimum atomic E-state index is -0.655. The van der Waals surface area contributed by atoms with Crippen molar-refractivity contribution in [1.82, 2.24) is 10.6 Å². The number of methoxy groups -OCH3 is 2. The van der Waals surface area contributed by atoms with Crippen molar-refractivity contribution in [2.24, 2.45) is 11.5 Å². The van der Waals surface area contributed by atoms with Crippen LogP contribution in [0.4, 0.5) is 19.2 Å². The fraction of sp³-hybridized carbons (Fsp3) is 0.455. The van der Waals surface area contributed by atoms with E-state index in [9.17, 15) is 19.2 Å². The molecule has 0 aromatic heterocycles. The molecule has 0 atom stereocenters. The normalized spacial score (nSPS) is 9.66. The summed E-state index contributed by atoms with van der Waals surface area (Å²) < 4.78 is 27.6. The molecule has 2 heterocycles. The Bertz CT molecular complexity index is 2200. The second kappa shape index (κ2) is 143. The summed E-state index contributed by atoms with van der Waals surface area (Å²) >= 11 is 20.7. The first-order valence-electron chi connectivity index (χ1n) is 28.0. The largest absolute Gasteiger partial charge is 0.508 e. The topological polar surface area (TPSA) is 377 Å². The van der Waals surface area contributed by atoms with E-state index >= 15 is 0 Å². The van der Waals surface area contributed by atoms with E-state index in [2.05, 4.69) is 49.5 Å². The molecular formula is C66H114N4O20S16-2. The number of ether oxygens (including phenoxy) is 6. The van der Waals surface area contributed by atoms with Crippen LogP contribution < -0.4 is 22.1 Å². The van der Waals surface area contributed by atoms with E-state index in [1.807, 2.05) is 196 Å². The number of aliphatic hydroxyl groups excluding tert-OH is 2. The molecule has 0 unspecified atom stereocenters. The summed E-state index contributed by atoms with van der Waals surface area (Å²) in [6, 6.07) is 15.8. The first-order valence-corrected chi connectivity index (χ1v) is 48.2. The Balaban J connectivity index is -0.0000000599. The second-order valence-electron chi connectivity index (χ2n) is 14.5. The van der Waals surface area contributed by atoms with Crippen molar-refractivity contribution < 1.29 is 96.2 Å². The van der Waals surface area contributed by atoms with Gasteiger partial charge in [0.25, 0.3) is 0 Å². The van der Waals surface area contributed by atoms with Crippen molar-refractivity contribution >= 4 is 240 Å². The summed E-state index contributed by atoms with van der Waals surface area (Å²) in [6.45, 7) is 8.88. The molecule has 2 amide bonds. The second-order valence-corrected chi connectivity index (χ2v) is 31.5. The Morgan fingerprint density at radius 2 is 0.670 bits per heavy atom. The van der Waals surface area contributed by atoms with Crippen LogP contribution in [0, 0.1) is 14.9 Å². The first kappa shape index (κ1) is 141. The minimum Gasteiger partial charge on any atom is -0.449 e. The molecular weight excluding hydrogens is 1680 g/mol. The number of carbonyl (C=O) groups excluding carboxylic acids is 12. The van der Waals surface area contributed by atoms with E-state index in [1.54, 1.807) is 147 Å². The van der Waals surface area contributed by atoms with Crippen LogP contribution >= 0.6 is 181 Å². The summed E-state index contributed by atoms with van der Waals surface area (Å²) in [6.07, 6.45) is 38.4. The molecule has 40 heteroatoms. The third-order valence-corrected chi connectivity index (χ3v) is 15.3. The van der Waals surface area contributed by atoms with Crippen LogP contribution in [0.25, 0.3) is 0 Å². The number of amides is 2. The van der Waals surface area contributed by atoms with Crippen LogP contribution in [0.15, 0.2) is 131 Å². The highest BCUT2D eigenvalue weighted by molar-refractivity contribution is 8.77. The Kier molecular flexibility index (Phi) is 191. The highest BCUT2D eigenvalue weighted by atomic mass is 33.1. The molecule has 2 aromatic carbocycles. The van der Waals surface area contributed by atoms with Gasteiger partial charge in [-0.15, -0.1) is 0 Å². The molecule has 2 aliphatic carbocycles. The number of nitrogens with two attached hydrogens (primary N) is 2. The third kappa shape index (κ3) is 179. The minimum absolute atomic E-state index is 0. The van der Waals surface area contributed by atoms with Crippen LogP contribution in [0.3, 0.4) is 0 Å². The maximum atomic E-state index is 10.8. The number of benzene rings is 2. The van der Waals surface area contributed by atoms with E-state index in [0.717, 1.165) is 57.7 Å². The predicted molar refractivity (Wildman–Crippen MR) is 481 cm³/mol. The molecule has 2 aromatic rings. The van der Waals surface area contributed by atoms with E-state index in [0.29, 0.717) is 19.8 Å². The van der Waals surface area contributed by atoms with Gasteiger partial charge in [0.2, 0.25) is 0 Å². The summed E-state index contributed by atoms with van der Waals surface area (Å²) in [5.41, 5.74) is 13.0. The number of alkyl carbamates (subject to hydrolysis) is 2. The van der Waals surface area contributed by atoms with Crippen LogP contribution in [-0.2, 0) is 80.0 Å². The zero-order chi connectivity index (χ0) is 83.7. The van der Waals surface area contributed by atoms with Gasteiger partial charge in [-0.25, -0.2) is 19.2 Å². The zero-order valence-electron chi connectivity index (χ0n) is 64.7. The molecule has 0 bridgehead atoms. The number of thioether (sulfide) groups is 6. The molecule has 2 saturated heterocycles. The van der Waals surface area contributed by atoms with Gasteiger partial charge in [-0.05, 0) is 160 Å². The summed E-state index contributed by atoms with van der Waals surface area (Å²) in [7, 11) is 24.1. The van der Waals surface area contributed by atoms with Crippen molar-refractivity contribution in [2.45, 2.75) is 23.0 Å². The number of hydrogen-bond acceptors (Lipinski definition) is 38. The number of nitrogens with one attached hydrogen (secondary N) is 2. The number of rotatable bonds is 16. The molecule has 2 fully saturated rings. The van der Waals surface area contributed by atoms with Gasteiger partial charge in [0.05, 0.1) is 14.2 Å². The molecule has 0 radical (unpaired) electrons. The SMILES string of the molecule is C1CS1.C1CS1.C=C1C=CC(=S)C=C1.C=C1C=CC(=S)C=C1.CN.CN.CNC(=O)OCCSSC.CNC(=O)OCc1ccc(SSC)cc1.CO.CO.COC(=O)OCCSSC.COC(=O)OCc1ccc(SSC)cc1.CSC.CSC.CSC.CSC.O=C=O.O=C=O.O=C=O.O=C=O.[CH3-].[CH3-]. The Morgan fingerprint density at radius 3 is 0.877 bits per heavy atom. The molecule has 616 valence electrons. The standard InChI is InChI=1S/C10H13NO2S2.C10H12O3S2.2C7H6S.C5H11NO2S2.C5H10O3S2.2C2H4S.4C2H6S.2CH5N.4CO2.2CH4O.2CH3/c1-11-10(12)13-7-8-3-5-9(6-4-8)15-14-2;1-12-10(11)13-7-8-3-5-9(6-4-8)15-14-2;2*1-6-2-4-7(8)5-3-6;1-6-5(7)8-3-4-10-9-2;1-7-5(6)8-3-4-10-9-2;2*1-2-3-1;4*1-3-2;2*1-2;4*2-1-3;2*1-2;;/h3-6H,7H2,1-2H3,(H,11,12);3-6H,7H2,1-2H3;2*2-5H,1H2;3-4H2,1-2H3,(H,6,7);3-4H2,1-2H3;2*1-2H2;4*1-2H3;2*2H2,1H3;;;;;2*2H,1H3;2*1H3/q;;;;;;;;;;;;;;;;;;;;2*-1. The molecule has 2 aliphatic heterocycles. The van der Waals surface area contributed by atoms with E-state index < -0.39 is 18.4 Å². The molecule has 8 N–H and O–H groups in total. The van der Waals surface area contributed by atoms with Gasteiger partial charge >= 0.3 is 49.1 Å². The van der Waals surface area contributed by atoms with Gasteiger partial charge < -0.3 is 75.6 Å². The number of carbonyl (C=O) groups is 4. The monoisotopic (exact) mass is 1790 g/mol. The zero-order valence-corrected chi connectivity index (χ0v) is 77.7. The lowest BCUT2D eigenvalue weighted by Crippen LogP contribution is -2.20. The van der Waals surface area contributed by atoms with Crippen LogP contribution in [0.2, 0.25) is 0 Å². The molecule has 0 spiro atoms. The third-order valence-electron chi connectivity index (χ3n) is 6.95. The molecule has 24 nitrogen and oxygen atoms in total. The van der Waals surface area contributed by atoms with Crippen molar-refractivity contribution in [1.29, 1.82) is 0 Å². The number of hydrogen-bond donors (Lipinski definition) is 6. The summed E-state index contributed by atoms with van der Waals surface area (Å²) in [5, 5.41) is 18.8. The highest BCUT2D eigenvalue weighted by Gasteiger charge is 2.03. The predicted octanol–water partition coefficient (Wildman–Crippen LogP) is 15.8. The highest BCUT2D eigenvalue weighted by Crippen LogP contribution is 2.29. The van der Waals surface area contributed by atoms with Crippen molar-refractivity contribution in [3.8, 4) is 0 Å². The van der Waals surface area contributed by atoms with Gasteiger partial charge in [0.15, 0.2) is 0 Å². The van der Waals surface area contributed by atoms with Gasteiger partial charge in [-0.3, -0.25) is 0 Å². The summed E-state index contributed by atoms with van der Waals surface area (Å²) in [5.74, 6) is 7.31. The fourth-order valence-corrected chi connectivity index (χ4v) is 8.52. The quantitative estimate of drug-likeness (QED) is 0.0173. The smallest absolute Gasteiger partial charge is 0.449 e. The number of thiocarbonyl (C=S) groups is 2. The van der Waals surface area contributed by atoms with Crippen LogP contribution in [-0.4, -0.2) is 248 Å². The van der Waals surface area contributed by atoms with Gasteiger partial charge in [0, 0.05) is 82.4 Å². The number of aliphatic hydroxyl groups is 2. The molecule has 106 heavy (non-hydrogen) atoms. The van der Waals surface area contributed by atoms with Crippen molar-refractivity contribution in [3.05, 3.63) is 147 Å². The van der Waals surface area contributed by atoms with Gasteiger partial charge in [0.1, 0.15) is 26.4 Å². The lowest BCUT2D eigenvalue weighted by Gasteiger charge is -2.04.